The van der Waals surface area contributed by atoms with Crippen LogP contribution in [-0.4, -0.2) is 35.1 Å². The maximum absolute atomic E-state index is 12.9. The molecule has 0 aliphatic carbocycles. The van der Waals surface area contributed by atoms with E-state index in [2.05, 4.69) is 15.1 Å². The van der Waals surface area contributed by atoms with Crippen molar-refractivity contribution >= 4 is 25.4 Å². The van der Waals surface area contributed by atoms with Gasteiger partial charge in [-0.2, -0.15) is 18.9 Å². The lowest BCUT2D eigenvalue weighted by atomic mass is 10.6. The molecule has 0 spiro atoms. The van der Waals surface area contributed by atoms with Gasteiger partial charge in [-0.15, -0.1) is 5.10 Å². The van der Waals surface area contributed by atoms with Gasteiger partial charge in [0.2, 0.25) is 5.95 Å². The highest BCUT2D eigenvalue weighted by Crippen LogP contribution is 2.15. The van der Waals surface area contributed by atoms with E-state index in [0.29, 0.717) is 0 Å². The van der Waals surface area contributed by atoms with E-state index in [9.17, 15) is 12.8 Å². The Bertz CT molecular complexity index is 655. The van der Waals surface area contributed by atoms with Crippen molar-refractivity contribution in [3.8, 4) is 6.01 Å². The summed E-state index contributed by atoms with van der Waals surface area (Å²) in [5.41, 5.74) is -0.0661. The van der Waals surface area contributed by atoms with Gasteiger partial charge < -0.3 is 4.74 Å². The standard InChI is InChI=1S/C6H4ClFN4O3S/c1-15-6-9-3(8)2-4-10-5(11-12(4)6)16(7,13)14/h2H,1H3. The molecule has 7 nitrogen and oxygen atoms in total. The molecule has 0 saturated heterocycles. The van der Waals surface area contributed by atoms with Crippen LogP contribution in [0.25, 0.3) is 5.65 Å². The molecule has 2 heterocycles. The minimum Gasteiger partial charge on any atom is -0.467 e. The number of nitrogens with zero attached hydrogens (tertiary/aromatic N) is 4. The molecule has 2 aromatic heterocycles. The van der Waals surface area contributed by atoms with E-state index < -0.39 is 20.2 Å². The van der Waals surface area contributed by atoms with Crippen LogP contribution in [-0.2, 0) is 9.05 Å². The Labute approximate surface area is 93.3 Å². The highest BCUT2D eigenvalue weighted by atomic mass is 35.7. The lowest BCUT2D eigenvalue weighted by Crippen LogP contribution is -2.01. The van der Waals surface area contributed by atoms with Gasteiger partial charge in [-0.05, 0) is 0 Å². The van der Waals surface area contributed by atoms with Crippen LogP contribution in [0.5, 0.6) is 6.01 Å². The van der Waals surface area contributed by atoms with Crippen LogP contribution >= 0.6 is 10.7 Å². The summed E-state index contributed by atoms with van der Waals surface area (Å²) < 4.78 is 40.5. The molecular weight excluding hydrogens is 263 g/mol. The topological polar surface area (TPSA) is 86.5 Å². The maximum Gasteiger partial charge on any atom is 0.322 e. The molecular formula is C6H4ClFN4O3S. The number of halogens is 2. The number of hydrogen-bond acceptors (Lipinski definition) is 6. The fourth-order valence-corrected chi connectivity index (χ4v) is 1.63. The summed E-state index contributed by atoms with van der Waals surface area (Å²) in [4.78, 5) is 6.87. The molecule has 2 aromatic rings. The molecule has 0 atom stereocenters. The molecule has 16 heavy (non-hydrogen) atoms. The first-order chi connectivity index (χ1) is 7.41. The largest absolute Gasteiger partial charge is 0.467 e. The monoisotopic (exact) mass is 266 g/mol. The smallest absolute Gasteiger partial charge is 0.322 e. The van der Waals surface area contributed by atoms with Crippen LogP contribution in [0.1, 0.15) is 0 Å². The first-order valence-corrected chi connectivity index (χ1v) is 6.15. The molecule has 0 N–H and O–H groups in total. The highest BCUT2D eigenvalue weighted by Gasteiger charge is 2.19. The number of fused-ring (bicyclic) bond motifs is 1. The van der Waals surface area contributed by atoms with E-state index in [1.165, 1.54) is 7.11 Å². The molecule has 86 valence electrons. The number of hydrogen-bond donors (Lipinski definition) is 0. The zero-order valence-electron chi connectivity index (χ0n) is 7.76. The Balaban J connectivity index is 2.80. The summed E-state index contributed by atoms with van der Waals surface area (Å²) in [7, 11) is 2.20. The number of rotatable bonds is 2. The van der Waals surface area contributed by atoms with Crippen molar-refractivity contribution in [3.63, 3.8) is 0 Å². The molecule has 0 amide bonds. The minimum absolute atomic E-state index is 0.0661. The van der Waals surface area contributed by atoms with Crippen molar-refractivity contribution in [2.75, 3.05) is 7.11 Å². The van der Waals surface area contributed by atoms with Gasteiger partial charge >= 0.3 is 6.01 Å². The van der Waals surface area contributed by atoms with Gasteiger partial charge in [-0.3, -0.25) is 0 Å². The van der Waals surface area contributed by atoms with Gasteiger partial charge in [0.15, 0.2) is 5.65 Å². The highest BCUT2D eigenvalue weighted by molar-refractivity contribution is 8.13. The van der Waals surface area contributed by atoms with Crippen molar-refractivity contribution in [3.05, 3.63) is 12.0 Å². The third kappa shape index (κ3) is 1.78. The fourth-order valence-electron chi connectivity index (χ4n) is 1.05. The van der Waals surface area contributed by atoms with Gasteiger partial charge in [-0.25, -0.2) is 8.42 Å². The quantitative estimate of drug-likeness (QED) is 0.570. The Morgan fingerprint density at radius 2 is 2.19 bits per heavy atom. The molecule has 2 rings (SSSR count). The van der Waals surface area contributed by atoms with Gasteiger partial charge in [0, 0.05) is 16.7 Å². The van der Waals surface area contributed by atoms with Crippen molar-refractivity contribution < 1.29 is 17.5 Å². The summed E-state index contributed by atoms with van der Waals surface area (Å²) in [5, 5.41) is 2.89. The third-order valence-electron chi connectivity index (χ3n) is 1.65. The Hall–Kier alpha value is -1.48. The Morgan fingerprint density at radius 1 is 1.50 bits per heavy atom. The summed E-state index contributed by atoms with van der Waals surface area (Å²) in [6.07, 6.45) is 0. The Morgan fingerprint density at radius 3 is 2.75 bits per heavy atom. The predicted molar refractivity (Wildman–Crippen MR) is 50.3 cm³/mol. The normalized spacial score (nSPS) is 11.9. The molecule has 0 radical (unpaired) electrons. The minimum atomic E-state index is -4.08. The van der Waals surface area contributed by atoms with E-state index in [4.69, 9.17) is 15.4 Å². The lowest BCUT2D eigenvalue weighted by Gasteiger charge is -1.99. The molecule has 0 aliphatic rings. The maximum atomic E-state index is 12.9. The van der Waals surface area contributed by atoms with Crippen molar-refractivity contribution in [2.24, 2.45) is 0 Å². The summed E-state index contributed by atoms with van der Waals surface area (Å²) >= 11 is 0. The zero-order valence-corrected chi connectivity index (χ0v) is 9.33. The van der Waals surface area contributed by atoms with E-state index in [1.54, 1.807) is 0 Å². The van der Waals surface area contributed by atoms with Crippen LogP contribution in [0.4, 0.5) is 4.39 Å². The van der Waals surface area contributed by atoms with Crippen molar-refractivity contribution in [1.82, 2.24) is 19.6 Å². The number of ether oxygens (including phenoxy) is 1. The SMILES string of the molecule is COc1nc(F)cc2nc(S(=O)(=O)Cl)nn12. The molecule has 0 aliphatic heterocycles. The van der Waals surface area contributed by atoms with Crippen LogP contribution in [0.2, 0.25) is 0 Å². The first kappa shape index (κ1) is 11.0. The second-order valence-electron chi connectivity index (χ2n) is 2.67. The second-order valence-corrected chi connectivity index (χ2v) is 5.13. The Kier molecular flexibility index (Phi) is 2.43. The third-order valence-corrected chi connectivity index (χ3v) is 2.67. The van der Waals surface area contributed by atoms with Crippen LogP contribution in [0.15, 0.2) is 11.2 Å². The van der Waals surface area contributed by atoms with E-state index in [-0.39, 0.29) is 11.7 Å². The van der Waals surface area contributed by atoms with E-state index in [0.717, 1.165) is 10.6 Å². The average molecular weight is 267 g/mol. The zero-order chi connectivity index (χ0) is 11.9. The summed E-state index contributed by atoms with van der Waals surface area (Å²) in [6, 6.07) is 0.676. The first-order valence-electron chi connectivity index (χ1n) is 3.84. The van der Waals surface area contributed by atoms with Gasteiger partial charge in [0.05, 0.1) is 7.11 Å². The van der Waals surface area contributed by atoms with E-state index in [1.807, 2.05) is 0 Å². The molecule has 0 bridgehead atoms. The predicted octanol–water partition coefficient (Wildman–Crippen LogP) is 0.199. The molecule has 0 saturated carbocycles. The lowest BCUT2D eigenvalue weighted by molar-refractivity contribution is 0.356. The van der Waals surface area contributed by atoms with Gasteiger partial charge in [0.25, 0.3) is 14.2 Å². The summed E-state index contributed by atoms with van der Waals surface area (Å²) in [5.74, 6) is -0.865. The fraction of sp³-hybridized carbons (Fsp3) is 0.167. The number of aromatic nitrogens is 4. The average Bonchev–Trinajstić information content (AvgIpc) is 2.59. The molecule has 0 aromatic carbocycles. The molecule has 0 unspecified atom stereocenters. The van der Waals surface area contributed by atoms with Gasteiger partial charge in [0.1, 0.15) is 0 Å². The van der Waals surface area contributed by atoms with Crippen LogP contribution in [0.3, 0.4) is 0 Å². The second kappa shape index (κ2) is 3.52. The summed E-state index contributed by atoms with van der Waals surface area (Å²) in [6.45, 7) is 0. The van der Waals surface area contributed by atoms with Crippen LogP contribution in [0, 0.1) is 5.95 Å². The molecule has 0 fully saturated rings. The number of methoxy groups -OCH3 is 1. The van der Waals surface area contributed by atoms with Crippen LogP contribution < -0.4 is 4.74 Å². The molecule has 10 heteroatoms. The van der Waals surface area contributed by atoms with Gasteiger partial charge in [-0.1, -0.05) is 0 Å². The van der Waals surface area contributed by atoms with Crippen molar-refractivity contribution in [1.29, 1.82) is 0 Å². The van der Waals surface area contributed by atoms with Crippen molar-refractivity contribution in [2.45, 2.75) is 5.16 Å². The van der Waals surface area contributed by atoms with E-state index >= 15 is 0 Å².